The third-order valence-corrected chi connectivity index (χ3v) is 3.78. The number of amides is 2. The predicted molar refractivity (Wildman–Crippen MR) is 89.7 cm³/mol. The van der Waals surface area contributed by atoms with Gasteiger partial charge in [-0.15, -0.1) is 0 Å². The van der Waals surface area contributed by atoms with E-state index in [2.05, 4.69) is 10.3 Å². The van der Waals surface area contributed by atoms with Crippen LogP contribution in [0.2, 0.25) is 0 Å². The second kappa shape index (κ2) is 7.51. The number of aromatic hydroxyl groups is 1. The molecule has 7 nitrogen and oxygen atoms in total. The minimum Gasteiger partial charge on any atom is -0.504 e. The Balaban J connectivity index is 1.77. The number of ether oxygens (including phenoxy) is 1. The first-order valence-electron chi connectivity index (χ1n) is 8.16. The van der Waals surface area contributed by atoms with Crippen LogP contribution >= 0.6 is 0 Å². The van der Waals surface area contributed by atoms with Crippen LogP contribution in [0.4, 0.5) is 10.6 Å². The number of carbonyl (C=O) groups is 2. The first-order valence-corrected chi connectivity index (χ1v) is 8.16. The van der Waals surface area contributed by atoms with Gasteiger partial charge in [-0.1, -0.05) is 0 Å². The summed E-state index contributed by atoms with van der Waals surface area (Å²) in [5.41, 5.74) is -0.501. The molecule has 1 aliphatic heterocycles. The predicted octanol–water partition coefficient (Wildman–Crippen LogP) is 2.76. The maximum atomic E-state index is 12.1. The number of rotatable bonds is 3. The number of nitrogens with one attached hydrogen (secondary N) is 1. The van der Waals surface area contributed by atoms with E-state index >= 15 is 0 Å². The minimum absolute atomic E-state index is 0.0504. The summed E-state index contributed by atoms with van der Waals surface area (Å²) in [7, 11) is 0. The van der Waals surface area contributed by atoms with Crippen molar-refractivity contribution in [2.24, 2.45) is 5.92 Å². The van der Waals surface area contributed by atoms with Crippen molar-refractivity contribution in [3.8, 4) is 5.75 Å². The van der Waals surface area contributed by atoms with Gasteiger partial charge in [-0.3, -0.25) is 4.79 Å². The lowest BCUT2D eigenvalue weighted by molar-refractivity contribution is -0.117. The monoisotopic (exact) mass is 335 g/mol. The van der Waals surface area contributed by atoms with Crippen molar-refractivity contribution in [1.82, 2.24) is 9.88 Å². The Morgan fingerprint density at radius 2 is 2.04 bits per heavy atom. The van der Waals surface area contributed by atoms with E-state index in [1.54, 1.807) is 11.0 Å². The van der Waals surface area contributed by atoms with Crippen LogP contribution in [0, 0.1) is 5.92 Å². The van der Waals surface area contributed by atoms with E-state index in [4.69, 9.17) is 4.74 Å². The number of hydrogen-bond acceptors (Lipinski definition) is 5. The Morgan fingerprint density at radius 1 is 1.38 bits per heavy atom. The van der Waals surface area contributed by atoms with E-state index in [9.17, 15) is 14.7 Å². The van der Waals surface area contributed by atoms with Gasteiger partial charge in [0.2, 0.25) is 5.91 Å². The van der Waals surface area contributed by atoms with Crippen LogP contribution in [0.1, 0.15) is 40.0 Å². The molecular weight excluding hydrogens is 310 g/mol. The molecule has 2 amide bonds. The van der Waals surface area contributed by atoms with Crippen molar-refractivity contribution in [2.75, 3.05) is 18.4 Å². The van der Waals surface area contributed by atoms with E-state index in [-0.39, 0.29) is 29.5 Å². The number of nitrogens with zero attached hydrogens (tertiary/aromatic N) is 2. The van der Waals surface area contributed by atoms with Gasteiger partial charge in [0, 0.05) is 25.7 Å². The fourth-order valence-electron chi connectivity index (χ4n) is 2.58. The fourth-order valence-corrected chi connectivity index (χ4v) is 2.58. The molecule has 0 aliphatic carbocycles. The quantitative estimate of drug-likeness (QED) is 0.886. The van der Waals surface area contributed by atoms with Crippen LogP contribution < -0.4 is 5.32 Å². The van der Waals surface area contributed by atoms with Crippen LogP contribution in [0.25, 0.3) is 0 Å². The Morgan fingerprint density at radius 3 is 2.62 bits per heavy atom. The largest absolute Gasteiger partial charge is 0.504 e. The lowest BCUT2D eigenvalue weighted by Gasteiger charge is -2.33. The summed E-state index contributed by atoms with van der Waals surface area (Å²) in [6, 6.07) is 3.07. The van der Waals surface area contributed by atoms with E-state index in [0.29, 0.717) is 19.5 Å². The molecule has 0 radical (unpaired) electrons. The Kier molecular flexibility index (Phi) is 5.64. The number of anilines is 1. The highest BCUT2D eigenvalue weighted by Gasteiger charge is 2.27. The van der Waals surface area contributed by atoms with E-state index < -0.39 is 5.60 Å². The molecule has 1 aliphatic rings. The molecule has 7 heteroatoms. The fraction of sp³-hybridized carbons (Fsp3) is 0.588. The number of pyridine rings is 1. The zero-order valence-corrected chi connectivity index (χ0v) is 14.4. The SMILES string of the molecule is CC(C)(C)OC(=O)N1CCC(CC(=O)Nc2ncccc2O)CC1. The topological polar surface area (TPSA) is 91.8 Å². The van der Waals surface area contributed by atoms with E-state index in [0.717, 1.165) is 12.8 Å². The van der Waals surface area contributed by atoms with Crippen molar-refractivity contribution in [3.63, 3.8) is 0 Å². The molecule has 2 N–H and O–H groups in total. The molecular formula is C17H25N3O4. The Labute approximate surface area is 142 Å². The second-order valence-corrected chi connectivity index (χ2v) is 7.03. The van der Waals surface area contributed by atoms with E-state index in [1.165, 1.54) is 12.3 Å². The zero-order valence-electron chi connectivity index (χ0n) is 14.4. The number of carbonyl (C=O) groups excluding carboxylic acids is 2. The lowest BCUT2D eigenvalue weighted by atomic mass is 9.93. The molecule has 2 heterocycles. The van der Waals surface area contributed by atoms with Gasteiger partial charge in [-0.25, -0.2) is 9.78 Å². The van der Waals surface area contributed by atoms with Crippen LogP contribution in [0.15, 0.2) is 18.3 Å². The third kappa shape index (κ3) is 5.40. The summed E-state index contributed by atoms with van der Waals surface area (Å²) in [6.45, 7) is 6.70. The number of hydrogen-bond donors (Lipinski definition) is 2. The van der Waals surface area contributed by atoms with Crippen LogP contribution in [-0.4, -0.2) is 45.7 Å². The maximum absolute atomic E-state index is 12.1. The summed E-state index contributed by atoms with van der Waals surface area (Å²) in [5, 5.41) is 12.2. The van der Waals surface area contributed by atoms with Gasteiger partial charge in [0.15, 0.2) is 11.6 Å². The molecule has 0 bridgehead atoms. The van der Waals surface area contributed by atoms with Gasteiger partial charge in [0.05, 0.1) is 0 Å². The second-order valence-electron chi connectivity index (χ2n) is 7.03. The molecule has 0 aromatic carbocycles. The maximum Gasteiger partial charge on any atom is 0.410 e. The Hall–Kier alpha value is -2.31. The van der Waals surface area contributed by atoms with Gasteiger partial charge in [-0.2, -0.15) is 0 Å². The first-order chi connectivity index (χ1) is 11.2. The van der Waals surface area contributed by atoms with Crippen molar-refractivity contribution >= 4 is 17.8 Å². The van der Waals surface area contributed by atoms with Gasteiger partial charge in [0.25, 0.3) is 0 Å². The first kappa shape index (κ1) is 18.0. The van der Waals surface area contributed by atoms with Crippen molar-refractivity contribution in [3.05, 3.63) is 18.3 Å². The molecule has 132 valence electrons. The van der Waals surface area contributed by atoms with Crippen LogP contribution in [0.3, 0.4) is 0 Å². The average molecular weight is 335 g/mol. The van der Waals surface area contributed by atoms with Crippen LogP contribution in [0.5, 0.6) is 5.75 Å². The number of piperidine rings is 1. The summed E-state index contributed by atoms with van der Waals surface area (Å²) in [4.78, 5) is 29.7. The smallest absolute Gasteiger partial charge is 0.410 e. The summed E-state index contributed by atoms with van der Waals surface area (Å²) in [5.74, 6) is 0.147. The standard InChI is InChI=1S/C17H25N3O4/c1-17(2,3)24-16(23)20-9-6-12(7-10-20)11-14(22)19-15-13(21)5-4-8-18-15/h4-5,8,12,21H,6-7,9-11H2,1-3H3,(H,18,19,22). The van der Waals surface area contributed by atoms with Gasteiger partial charge in [-0.05, 0) is 51.7 Å². The minimum atomic E-state index is -0.501. The molecule has 0 saturated carbocycles. The van der Waals surface area contributed by atoms with Crippen molar-refractivity contribution in [2.45, 2.75) is 45.6 Å². The summed E-state index contributed by atoms with van der Waals surface area (Å²) in [6.07, 6.45) is 3.05. The molecule has 1 aromatic heterocycles. The van der Waals surface area contributed by atoms with Gasteiger partial charge >= 0.3 is 6.09 Å². The zero-order chi connectivity index (χ0) is 17.7. The number of aromatic nitrogens is 1. The van der Waals surface area contributed by atoms with Crippen molar-refractivity contribution < 1.29 is 19.4 Å². The molecule has 0 unspecified atom stereocenters. The van der Waals surface area contributed by atoms with Gasteiger partial charge < -0.3 is 20.1 Å². The Bertz CT molecular complexity index is 590. The van der Waals surface area contributed by atoms with Gasteiger partial charge in [0.1, 0.15) is 5.60 Å². The molecule has 0 atom stereocenters. The molecule has 1 aromatic rings. The summed E-state index contributed by atoms with van der Waals surface area (Å²) >= 11 is 0. The summed E-state index contributed by atoms with van der Waals surface area (Å²) < 4.78 is 5.36. The normalized spacial score (nSPS) is 15.9. The van der Waals surface area contributed by atoms with E-state index in [1.807, 2.05) is 20.8 Å². The number of likely N-dealkylation sites (tertiary alicyclic amines) is 1. The molecule has 1 fully saturated rings. The average Bonchev–Trinajstić information content (AvgIpc) is 2.48. The highest BCUT2D eigenvalue weighted by molar-refractivity contribution is 5.91. The molecule has 1 saturated heterocycles. The highest BCUT2D eigenvalue weighted by atomic mass is 16.6. The molecule has 24 heavy (non-hydrogen) atoms. The third-order valence-electron chi connectivity index (χ3n) is 3.78. The molecule has 0 spiro atoms. The van der Waals surface area contributed by atoms with Crippen LogP contribution in [-0.2, 0) is 9.53 Å². The van der Waals surface area contributed by atoms with Crippen molar-refractivity contribution in [1.29, 1.82) is 0 Å². The lowest BCUT2D eigenvalue weighted by Crippen LogP contribution is -2.42. The highest BCUT2D eigenvalue weighted by Crippen LogP contribution is 2.24. The molecule has 2 rings (SSSR count).